The lowest BCUT2D eigenvalue weighted by atomic mass is 9.78. The van der Waals surface area contributed by atoms with Gasteiger partial charge in [0, 0.05) is 26.9 Å². The Kier molecular flexibility index (Phi) is 6.88. The van der Waals surface area contributed by atoms with E-state index >= 15 is 0 Å². The topological polar surface area (TPSA) is 38.0 Å². The van der Waals surface area contributed by atoms with Crippen LogP contribution in [0.2, 0.25) is 0 Å². The molecule has 0 saturated heterocycles. The number of aliphatic hydroxyl groups excluding tert-OH is 1. The summed E-state index contributed by atoms with van der Waals surface area (Å²) < 4.78 is 3.20. The van der Waals surface area contributed by atoms with E-state index in [0.29, 0.717) is 0 Å². The van der Waals surface area contributed by atoms with E-state index in [9.17, 15) is 5.11 Å². The zero-order valence-electron chi connectivity index (χ0n) is 24.2. The van der Waals surface area contributed by atoms with Crippen LogP contribution in [0, 0.1) is 0 Å². The van der Waals surface area contributed by atoms with Gasteiger partial charge < -0.3 is 5.11 Å². The molecule has 0 fully saturated rings. The molecule has 0 aliphatic heterocycles. The zero-order chi connectivity index (χ0) is 28.9. The van der Waals surface area contributed by atoms with E-state index in [0.717, 1.165) is 43.2 Å². The van der Waals surface area contributed by atoms with Gasteiger partial charge in [-0.2, -0.15) is 0 Å². The summed E-state index contributed by atoms with van der Waals surface area (Å²) in [4.78, 5) is 4.87. The second-order valence-corrected chi connectivity index (χ2v) is 13.4. The number of aromatic nitrogens is 2. The largest absolute Gasteiger partial charge is 0.384 e. The molecular weight excluding hydrogens is 568 g/mol. The molecule has 1 unspecified atom stereocenters. The Morgan fingerprint density at radius 1 is 0.659 bits per heavy atom. The highest BCUT2D eigenvalue weighted by Gasteiger charge is 2.25. The summed E-state index contributed by atoms with van der Waals surface area (Å²) in [7, 11) is 0. The molecule has 206 valence electrons. The number of hydrogen-bond acceptors (Lipinski definition) is 2. The maximum atomic E-state index is 11.6. The molecule has 0 radical (unpaired) electrons. The molecule has 1 atom stereocenters. The van der Waals surface area contributed by atoms with Crippen LogP contribution in [0.4, 0.5) is 0 Å². The highest BCUT2D eigenvalue weighted by Crippen LogP contribution is 2.37. The standard InChI is InChI=1S/C37H35BrN2O/c1-36(2,3)28-19-25(20-29(38)22-28)35(41)24-15-16-31-30-13-9-10-14-32(30)40(33(31)21-24)34-23-27(17-18-39-34)37(4,5)26-11-7-6-8-12-26/h6-23,35,41H,1-5H3. The van der Waals surface area contributed by atoms with Crippen molar-refractivity contribution >= 4 is 37.7 Å². The van der Waals surface area contributed by atoms with Crippen molar-refractivity contribution in [3.8, 4) is 5.82 Å². The van der Waals surface area contributed by atoms with Gasteiger partial charge in [0.2, 0.25) is 0 Å². The molecule has 41 heavy (non-hydrogen) atoms. The average molecular weight is 604 g/mol. The second-order valence-electron chi connectivity index (χ2n) is 12.4. The van der Waals surface area contributed by atoms with Gasteiger partial charge in [-0.3, -0.25) is 4.57 Å². The number of para-hydroxylation sites is 1. The quantitative estimate of drug-likeness (QED) is 0.213. The summed E-state index contributed by atoms with van der Waals surface area (Å²) in [6.45, 7) is 11.1. The van der Waals surface area contributed by atoms with E-state index < -0.39 is 6.10 Å². The number of pyridine rings is 1. The Morgan fingerprint density at radius 3 is 2.12 bits per heavy atom. The van der Waals surface area contributed by atoms with Gasteiger partial charge >= 0.3 is 0 Å². The predicted molar refractivity (Wildman–Crippen MR) is 174 cm³/mol. The minimum atomic E-state index is -0.763. The van der Waals surface area contributed by atoms with Gasteiger partial charge in [-0.1, -0.05) is 117 Å². The van der Waals surface area contributed by atoms with Crippen LogP contribution >= 0.6 is 15.9 Å². The lowest BCUT2D eigenvalue weighted by molar-refractivity contribution is 0.220. The van der Waals surface area contributed by atoms with E-state index in [4.69, 9.17) is 4.98 Å². The van der Waals surface area contributed by atoms with E-state index in [1.54, 1.807) is 0 Å². The summed E-state index contributed by atoms with van der Waals surface area (Å²) in [6.07, 6.45) is 1.14. The van der Waals surface area contributed by atoms with Crippen molar-refractivity contribution in [3.63, 3.8) is 0 Å². The first kappa shape index (κ1) is 27.4. The number of benzene rings is 4. The summed E-state index contributed by atoms with van der Waals surface area (Å²) in [5.74, 6) is 0.863. The highest BCUT2D eigenvalue weighted by molar-refractivity contribution is 9.10. The number of hydrogen-bond donors (Lipinski definition) is 1. The normalized spacial score (nSPS) is 13.1. The molecular formula is C37H35BrN2O. The SMILES string of the molecule is CC(C)(C)c1cc(Br)cc(C(O)c2ccc3c4ccccc4n(-c4cc(C(C)(C)c5ccccc5)ccn4)c3c2)c1. The Morgan fingerprint density at radius 2 is 1.37 bits per heavy atom. The summed E-state index contributed by atoms with van der Waals surface area (Å²) >= 11 is 3.67. The van der Waals surface area contributed by atoms with Crippen molar-refractivity contribution in [2.75, 3.05) is 0 Å². The zero-order valence-corrected chi connectivity index (χ0v) is 25.8. The van der Waals surface area contributed by atoms with E-state index in [1.807, 2.05) is 18.3 Å². The molecule has 1 N–H and O–H groups in total. The van der Waals surface area contributed by atoms with Crippen molar-refractivity contribution in [1.29, 1.82) is 0 Å². The van der Waals surface area contributed by atoms with Crippen LogP contribution in [-0.2, 0) is 10.8 Å². The average Bonchev–Trinajstić information content (AvgIpc) is 3.30. The molecule has 6 aromatic rings. The van der Waals surface area contributed by atoms with Crippen molar-refractivity contribution in [2.45, 2.75) is 51.6 Å². The summed E-state index contributed by atoms with van der Waals surface area (Å²) in [6, 6.07) is 35.9. The van der Waals surface area contributed by atoms with Crippen molar-refractivity contribution in [1.82, 2.24) is 9.55 Å². The van der Waals surface area contributed by atoms with E-state index in [-0.39, 0.29) is 10.8 Å². The van der Waals surface area contributed by atoms with Gasteiger partial charge in [-0.05, 0) is 69.6 Å². The fraction of sp³-hybridized carbons (Fsp3) is 0.216. The number of rotatable bonds is 5. The van der Waals surface area contributed by atoms with Gasteiger partial charge in [0.25, 0.3) is 0 Å². The van der Waals surface area contributed by atoms with Gasteiger partial charge in [-0.15, -0.1) is 0 Å². The molecule has 4 aromatic carbocycles. The lowest BCUT2D eigenvalue weighted by Gasteiger charge is -2.26. The Hall–Kier alpha value is -3.73. The van der Waals surface area contributed by atoms with Gasteiger partial charge in [0.1, 0.15) is 11.9 Å². The number of fused-ring (bicyclic) bond motifs is 3. The molecule has 2 heterocycles. The number of aliphatic hydroxyl groups is 1. The van der Waals surface area contributed by atoms with Crippen molar-refractivity contribution in [2.24, 2.45) is 0 Å². The minimum Gasteiger partial charge on any atom is -0.384 e. The maximum Gasteiger partial charge on any atom is 0.137 e. The second kappa shape index (κ2) is 10.3. The third-order valence-corrected chi connectivity index (χ3v) is 8.77. The van der Waals surface area contributed by atoms with Crippen LogP contribution < -0.4 is 0 Å². The molecule has 0 amide bonds. The maximum absolute atomic E-state index is 11.6. The Labute approximate surface area is 250 Å². The third-order valence-electron chi connectivity index (χ3n) is 8.31. The molecule has 4 heteroatoms. The smallest absolute Gasteiger partial charge is 0.137 e. The van der Waals surface area contributed by atoms with Gasteiger partial charge in [0.05, 0.1) is 11.0 Å². The van der Waals surface area contributed by atoms with Crippen LogP contribution in [0.1, 0.15) is 68.5 Å². The van der Waals surface area contributed by atoms with E-state index in [2.05, 4.69) is 146 Å². The molecule has 0 saturated carbocycles. The fourth-order valence-corrected chi connectivity index (χ4v) is 6.26. The number of halogens is 1. The molecule has 0 spiro atoms. The lowest BCUT2D eigenvalue weighted by Crippen LogP contribution is -2.19. The Bertz CT molecular complexity index is 1880. The fourth-order valence-electron chi connectivity index (χ4n) is 5.75. The van der Waals surface area contributed by atoms with Crippen LogP contribution in [0.25, 0.3) is 27.6 Å². The Balaban J connectivity index is 1.52. The first-order valence-corrected chi connectivity index (χ1v) is 14.9. The minimum absolute atomic E-state index is 0.0289. The van der Waals surface area contributed by atoms with Gasteiger partial charge in [-0.25, -0.2) is 4.98 Å². The predicted octanol–water partition coefficient (Wildman–Crippen LogP) is 9.65. The van der Waals surface area contributed by atoms with E-state index in [1.165, 1.54) is 16.7 Å². The molecule has 3 nitrogen and oxygen atoms in total. The molecule has 0 aliphatic rings. The molecule has 2 aromatic heterocycles. The van der Waals surface area contributed by atoms with Crippen molar-refractivity contribution < 1.29 is 5.11 Å². The van der Waals surface area contributed by atoms with Crippen LogP contribution in [-0.4, -0.2) is 14.7 Å². The molecule has 6 rings (SSSR count). The van der Waals surface area contributed by atoms with Crippen molar-refractivity contribution in [3.05, 3.63) is 142 Å². The van der Waals surface area contributed by atoms with Crippen LogP contribution in [0.3, 0.4) is 0 Å². The van der Waals surface area contributed by atoms with Crippen LogP contribution in [0.5, 0.6) is 0 Å². The summed E-state index contributed by atoms with van der Waals surface area (Å²) in [5, 5.41) is 13.9. The van der Waals surface area contributed by atoms with Crippen LogP contribution in [0.15, 0.2) is 114 Å². The first-order chi connectivity index (χ1) is 19.5. The number of nitrogens with zero attached hydrogens (tertiary/aromatic N) is 2. The first-order valence-electron chi connectivity index (χ1n) is 14.1. The van der Waals surface area contributed by atoms with Gasteiger partial charge in [0.15, 0.2) is 0 Å². The summed E-state index contributed by atoms with van der Waals surface area (Å²) in [5.41, 5.74) is 7.25. The highest BCUT2D eigenvalue weighted by atomic mass is 79.9. The molecule has 0 bridgehead atoms. The molecule has 0 aliphatic carbocycles. The monoisotopic (exact) mass is 602 g/mol. The third kappa shape index (κ3) is 5.00.